The molecule has 0 radical (unpaired) electrons. The van der Waals surface area contributed by atoms with Crippen molar-refractivity contribution >= 4 is 8.24 Å². The minimum absolute atomic E-state index is 0.988. The van der Waals surface area contributed by atoms with E-state index in [0.717, 1.165) is 6.54 Å². The van der Waals surface area contributed by atoms with E-state index in [1.807, 2.05) is 6.08 Å². The van der Waals surface area contributed by atoms with Gasteiger partial charge in [-0.25, -0.2) is 0 Å². The Labute approximate surface area is 72.0 Å². The first-order chi connectivity index (χ1) is 5.24. The van der Waals surface area contributed by atoms with E-state index in [0.29, 0.717) is 0 Å². The van der Waals surface area contributed by atoms with Gasteiger partial charge in [-0.1, -0.05) is 26.8 Å². The molecule has 0 saturated heterocycles. The summed E-state index contributed by atoms with van der Waals surface area (Å²) in [7, 11) is -1.06. The van der Waals surface area contributed by atoms with Crippen molar-refractivity contribution in [3.63, 3.8) is 0 Å². The first-order valence-electron chi connectivity index (χ1n) is 4.60. The summed E-state index contributed by atoms with van der Waals surface area (Å²) in [5.74, 6) is 0. The zero-order valence-corrected chi connectivity index (χ0v) is 9.11. The standard InChI is InChI=1S/C9H21NSi/c1-5-9-10-11(6-2,7-3)8-4/h5,10H,1,6-9H2,2-4H3. The molecule has 1 nitrogen and oxygen atoms in total. The highest BCUT2D eigenvalue weighted by atomic mass is 28.3. The summed E-state index contributed by atoms with van der Waals surface area (Å²) in [5.41, 5.74) is 0. The highest BCUT2D eigenvalue weighted by Gasteiger charge is 2.25. The third-order valence-corrected chi connectivity index (χ3v) is 7.67. The van der Waals surface area contributed by atoms with E-state index in [4.69, 9.17) is 0 Å². The van der Waals surface area contributed by atoms with Crippen LogP contribution < -0.4 is 4.98 Å². The summed E-state index contributed by atoms with van der Waals surface area (Å²) in [5, 5.41) is 0. The first-order valence-corrected chi connectivity index (χ1v) is 7.22. The largest absolute Gasteiger partial charge is 0.334 e. The Morgan fingerprint density at radius 1 is 1.18 bits per heavy atom. The summed E-state index contributed by atoms with van der Waals surface area (Å²) in [6.07, 6.45) is 1.96. The van der Waals surface area contributed by atoms with E-state index in [-0.39, 0.29) is 0 Å². The topological polar surface area (TPSA) is 12.0 Å². The quantitative estimate of drug-likeness (QED) is 0.479. The van der Waals surface area contributed by atoms with Crippen LogP contribution in [0, 0.1) is 0 Å². The average Bonchev–Trinajstić information content (AvgIpc) is 2.08. The minimum atomic E-state index is -1.06. The Bertz CT molecular complexity index is 99.9. The van der Waals surface area contributed by atoms with Crippen molar-refractivity contribution in [2.75, 3.05) is 6.54 Å². The van der Waals surface area contributed by atoms with Gasteiger partial charge < -0.3 is 4.98 Å². The van der Waals surface area contributed by atoms with Crippen LogP contribution in [-0.4, -0.2) is 14.8 Å². The molecular weight excluding hydrogens is 150 g/mol. The number of hydrogen-bond donors (Lipinski definition) is 1. The molecule has 2 heteroatoms. The molecule has 0 aliphatic heterocycles. The monoisotopic (exact) mass is 171 g/mol. The van der Waals surface area contributed by atoms with Crippen molar-refractivity contribution in [2.24, 2.45) is 0 Å². The maximum atomic E-state index is 3.73. The smallest absolute Gasteiger partial charge is 0.125 e. The van der Waals surface area contributed by atoms with Gasteiger partial charge in [0.1, 0.15) is 8.24 Å². The van der Waals surface area contributed by atoms with Crippen LogP contribution >= 0.6 is 0 Å². The highest BCUT2D eigenvalue weighted by molar-refractivity contribution is 6.77. The van der Waals surface area contributed by atoms with Crippen molar-refractivity contribution in [3.8, 4) is 0 Å². The fraction of sp³-hybridized carbons (Fsp3) is 0.778. The third kappa shape index (κ3) is 3.21. The number of rotatable bonds is 6. The predicted molar refractivity (Wildman–Crippen MR) is 55.4 cm³/mol. The molecule has 11 heavy (non-hydrogen) atoms. The zero-order chi connectivity index (χ0) is 8.74. The third-order valence-electron chi connectivity index (χ3n) is 2.65. The van der Waals surface area contributed by atoms with Gasteiger partial charge in [-0.05, 0) is 18.1 Å². The molecule has 0 saturated carbocycles. The van der Waals surface area contributed by atoms with Crippen LogP contribution in [0.4, 0.5) is 0 Å². The van der Waals surface area contributed by atoms with E-state index < -0.39 is 8.24 Å². The van der Waals surface area contributed by atoms with Gasteiger partial charge in [0.2, 0.25) is 0 Å². The van der Waals surface area contributed by atoms with Gasteiger partial charge in [0.25, 0.3) is 0 Å². The lowest BCUT2D eigenvalue weighted by Crippen LogP contribution is -2.48. The lowest BCUT2D eigenvalue weighted by atomic mass is 10.7. The Morgan fingerprint density at radius 3 is 1.91 bits per heavy atom. The van der Waals surface area contributed by atoms with Crippen molar-refractivity contribution in [2.45, 2.75) is 38.9 Å². The average molecular weight is 171 g/mol. The molecular formula is C9H21NSi. The van der Waals surface area contributed by atoms with E-state index in [1.54, 1.807) is 0 Å². The fourth-order valence-electron chi connectivity index (χ4n) is 1.41. The highest BCUT2D eigenvalue weighted by Crippen LogP contribution is 2.15. The Morgan fingerprint density at radius 2 is 1.64 bits per heavy atom. The van der Waals surface area contributed by atoms with E-state index in [9.17, 15) is 0 Å². The Balaban J connectivity index is 3.93. The van der Waals surface area contributed by atoms with Crippen LogP contribution in [0.1, 0.15) is 20.8 Å². The SMILES string of the molecule is C=CCN[Si](CC)(CC)CC. The molecule has 0 aromatic carbocycles. The summed E-state index contributed by atoms with van der Waals surface area (Å²) in [6.45, 7) is 11.6. The molecule has 0 aliphatic carbocycles. The molecule has 0 aliphatic rings. The molecule has 0 fully saturated rings. The van der Waals surface area contributed by atoms with Gasteiger partial charge in [0, 0.05) is 6.54 Å². The van der Waals surface area contributed by atoms with Crippen molar-refractivity contribution in [1.82, 2.24) is 4.98 Å². The van der Waals surface area contributed by atoms with Crippen molar-refractivity contribution in [1.29, 1.82) is 0 Å². The molecule has 0 rings (SSSR count). The van der Waals surface area contributed by atoms with Gasteiger partial charge in [0.15, 0.2) is 0 Å². The van der Waals surface area contributed by atoms with Gasteiger partial charge in [-0.3, -0.25) is 0 Å². The minimum Gasteiger partial charge on any atom is -0.334 e. The van der Waals surface area contributed by atoms with Crippen LogP contribution in [0.2, 0.25) is 18.1 Å². The van der Waals surface area contributed by atoms with E-state index in [1.165, 1.54) is 18.1 Å². The Hall–Kier alpha value is -0.0831. The summed E-state index contributed by atoms with van der Waals surface area (Å²) >= 11 is 0. The molecule has 0 heterocycles. The number of nitrogens with one attached hydrogen (secondary N) is 1. The predicted octanol–water partition coefficient (Wildman–Crippen LogP) is 2.77. The Kier molecular flexibility index (Phi) is 5.51. The van der Waals surface area contributed by atoms with Gasteiger partial charge in [0.05, 0.1) is 0 Å². The van der Waals surface area contributed by atoms with Crippen LogP contribution in [0.3, 0.4) is 0 Å². The second-order valence-electron chi connectivity index (χ2n) is 3.01. The number of hydrogen-bond acceptors (Lipinski definition) is 1. The summed E-state index contributed by atoms with van der Waals surface area (Å²) in [6, 6.07) is 4.02. The summed E-state index contributed by atoms with van der Waals surface area (Å²) < 4.78 is 0. The van der Waals surface area contributed by atoms with Crippen LogP contribution in [0.25, 0.3) is 0 Å². The van der Waals surface area contributed by atoms with Crippen LogP contribution in [-0.2, 0) is 0 Å². The van der Waals surface area contributed by atoms with E-state index >= 15 is 0 Å². The maximum Gasteiger partial charge on any atom is 0.125 e. The molecule has 0 aromatic heterocycles. The molecule has 0 spiro atoms. The molecule has 0 amide bonds. The molecule has 0 aromatic rings. The van der Waals surface area contributed by atoms with Gasteiger partial charge in [-0.15, -0.1) is 6.58 Å². The van der Waals surface area contributed by atoms with Crippen molar-refractivity contribution in [3.05, 3.63) is 12.7 Å². The normalized spacial score (nSPS) is 11.5. The molecule has 0 atom stereocenters. The van der Waals surface area contributed by atoms with Crippen molar-refractivity contribution < 1.29 is 0 Å². The second-order valence-corrected chi connectivity index (χ2v) is 8.05. The molecule has 0 unspecified atom stereocenters. The zero-order valence-electron chi connectivity index (χ0n) is 8.11. The maximum absolute atomic E-state index is 3.73. The molecule has 66 valence electrons. The van der Waals surface area contributed by atoms with Gasteiger partial charge in [-0.2, -0.15) is 0 Å². The lowest BCUT2D eigenvalue weighted by molar-refractivity contribution is 0.957. The van der Waals surface area contributed by atoms with Crippen LogP contribution in [0.5, 0.6) is 0 Å². The van der Waals surface area contributed by atoms with Crippen LogP contribution in [0.15, 0.2) is 12.7 Å². The fourth-order valence-corrected chi connectivity index (χ4v) is 4.24. The van der Waals surface area contributed by atoms with E-state index in [2.05, 4.69) is 32.3 Å². The molecule has 0 bridgehead atoms. The second kappa shape index (κ2) is 5.55. The molecule has 1 N–H and O–H groups in total. The first kappa shape index (κ1) is 10.9. The summed E-state index contributed by atoms with van der Waals surface area (Å²) in [4.78, 5) is 3.65. The van der Waals surface area contributed by atoms with Gasteiger partial charge >= 0.3 is 0 Å². The lowest BCUT2D eigenvalue weighted by Gasteiger charge is -2.28.